The zero-order valence-corrected chi connectivity index (χ0v) is 10.8. The Morgan fingerprint density at radius 1 is 1.56 bits per heavy atom. The number of nitrogens with zero attached hydrogens (tertiary/aromatic N) is 2. The lowest BCUT2D eigenvalue weighted by Crippen LogP contribution is -2.26. The van der Waals surface area contributed by atoms with Crippen molar-refractivity contribution in [3.05, 3.63) is 40.1 Å². The van der Waals surface area contributed by atoms with Crippen LogP contribution in [0.15, 0.2) is 23.8 Å². The number of aryl methyl sites for hydroxylation is 1. The monoisotopic (exact) mass is 262 g/mol. The maximum atomic E-state index is 11.8. The van der Waals surface area contributed by atoms with E-state index >= 15 is 0 Å². The van der Waals surface area contributed by atoms with Crippen LogP contribution < -0.4 is 11.1 Å². The summed E-state index contributed by atoms with van der Waals surface area (Å²) in [6, 6.07) is 1.61. The number of rotatable bonds is 4. The molecule has 0 aromatic carbocycles. The summed E-state index contributed by atoms with van der Waals surface area (Å²) in [5, 5.41) is 5.82. The van der Waals surface area contributed by atoms with E-state index in [9.17, 15) is 4.79 Å². The fourth-order valence-corrected chi connectivity index (χ4v) is 2.27. The molecule has 0 aliphatic heterocycles. The average Bonchev–Trinajstić information content (AvgIpc) is 2.75. The number of carbonyl (C=O) groups is 1. The minimum absolute atomic E-state index is 0.200. The molecule has 0 unspecified atom stereocenters. The summed E-state index contributed by atoms with van der Waals surface area (Å²) in [5.74, 6) is -0.200. The highest BCUT2D eigenvalue weighted by atomic mass is 32.1. The molecule has 3 N–H and O–H groups in total. The Labute approximate surface area is 109 Å². The second kappa shape index (κ2) is 5.59. The SMILES string of the molecule is Cc1csc(CCNC(=O)c2cnccc2N)n1. The molecule has 0 saturated carbocycles. The predicted octanol–water partition coefficient (Wildman–Crippen LogP) is 1.40. The summed E-state index contributed by atoms with van der Waals surface area (Å²) < 4.78 is 0. The molecule has 0 atom stereocenters. The Kier molecular flexibility index (Phi) is 3.88. The Morgan fingerprint density at radius 3 is 3.06 bits per heavy atom. The maximum absolute atomic E-state index is 11.8. The van der Waals surface area contributed by atoms with Gasteiger partial charge in [-0.05, 0) is 13.0 Å². The van der Waals surface area contributed by atoms with Crippen LogP contribution in [0.25, 0.3) is 0 Å². The van der Waals surface area contributed by atoms with Crippen LogP contribution in [0.5, 0.6) is 0 Å². The zero-order chi connectivity index (χ0) is 13.0. The number of nitrogens with one attached hydrogen (secondary N) is 1. The molecule has 2 aromatic heterocycles. The number of hydrogen-bond acceptors (Lipinski definition) is 5. The van der Waals surface area contributed by atoms with E-state index in [1.165, 1.54) is 6.20 Å². The lowest BCUT2D eigenvalue weighted by Gasteiger charge is -2.05. The van der Waals surface area contributed by atoms with Gasteiger partial charge in [0, 0.05) is 42.1 Å². The molecule has 0 bridgehead atoms. The molecule has 5 nitrogen and oxygen atoms in total. The van der Waals surface area contributed by atoms with Crippen LogP contribution in [0.1, 0.15) is 21.1 Å². The van der Waals surface area contributed by atoms with Crippen molar-refractivity contribution in [2.75, 3.05) is 12.3 Å². The van der Waals surface area contributed by atoms with Gasteiger partial charge in [-0.1, -0.05) is 0 Å². The molecule has 94 valence electrons. The molecule has 0 aliphatic rings. The topological polar surface area (TPSA) is 80.9 Å². The van der Waals surface area contributed by atoms with Crippen LogP contribution in [0, 0.1) is 6.92 Å². The molecule has 2 rings (SSSR count). The number of aromatic nitrogens is 2. The molecule has 0 aliphatic carbocycles. The summed E-state index contributed by atoms with van der Waals surface area (Å²) in [6.45, 7) is 2.50. The standard InChI is InChI=1S/C12H14N4OS/c1-8-7-18-11(16-8)3-5-15-12(17)9-6-14-4-2-10(9)13/h2,4,6-7H,3,5H2,1H3,(H2,13,14)(H,15,17). The van der Waals surface area contributed by atoms with Crippen molar-refractivity contribution in [1.29, 1.82) is 0 Å². The summed E-state index contributed by atoms with van der Waals surface area (Å²) in [7, 11) is 0. The van der Waals surface area contributed by atoms with Crippen molar-refractivity contribution >= 4 is 22.9 Å². The number of carbonyl (C=O) groups excluding carboxylic acids is 1. The number of nitrogen functional groups attached to an aromatic ring is 1. The van der Waals surface area contributed by atoms with Gasteiger partial charge in [0.1, 0.15) is 0 Å². The highest BCUT2D eigenvalue weighted by Crippen LogP contribution is 2.10. The van der Waals surface area contributed by atoms with Gasteiger partial charge in [-0.25, -0.2) is 4.98 Å². The zero-order valence-electron chi connectivity index (χ0n) is 10.0. The fraction of sp³-hybridized carbons (Fsp3) is 0.250. The molecular weight excluding hydrogens is 248 g/mol. The third kappa shape index (κ3) is 3.04. The third-order valence-corrected chi connectivity index (χ3v) is 3.42. The molecule has 0 spiro atoms. The Balaban J connectivity index is 1.87. The van der Waals surface area contributed by atoms with Crippen molar-refractivity contribution in [3.63, 3.8) is 0 Å². The van der Waals surface area contributed by atoms with Crippen LogP contribution in [0.4, 0.5) is 5.69 Å². The van der Waals surface area contributed by atoms with E-state index in [0.717, 1.165) is 17.1 Å². The maximum Gasteiger partial charge on any atom is 0.254 e. The number of anilines is 1. The summed E-state index contributed by atoms with van der Waals surface area (Å²) in [5.41, 5.74) is 7.56. The van der Waals surface area contributed by atoms with Gasteiger partial charge in [-0.15, -0.1) is 11.3 Å². The molecule has 1 amide bonds. The number of nitrogens with two attached hydrogens (primary N) is 1. The Morgan fingerprint density at radius 2 is 2.39 bits per heavy atom. The largest absolute Gasteiger partial charge is 0.398 e. The summed E-state index contributed by atoms with van der Waals surface area (Å²) >= 11 is 1.60. The van der Waals surface area contributed by atoms with Crippen molar-refractivity contribution in [3.8, 4) is 0 Å². The van der Waals surface area contributed by atoms with E-state index in [1.54, 1.807) is 23.6 Å². The molecule has 2 heterocycles. The summed E-state index contributed by atoms with van der Waals surface area (Å²) in [6.07, 6.45) is 3.76. The van der Waals surface area contributed by atoms with E-state index in [4.69, 9.17) is 5.73 Å². The smallest absolute Gasteiger partial charge is 0.254 e. The third-order valence-electron chi connectivity index (χ3n) is 2.39. The average molecular weight is 262 g/mol. The normalized spacial score (nSPS) is 10.3. The number of thiazole rings is 1. The first-order valence-electron chi connectivity index (χ1n) is 5.55. The van der Waals surface area contributed by atoms with Crippen LogP contribution >= 0.6 is 11.3 Å². The van der Waals surface area contributed by atoms with E-state index in [2.05, 4.69) is 15.3 Å². The van der Waals surface area contributed by atoms with Gasteiger partial charge in [0.25, 0.3) is 5.91 Å². The van der Waals surface area contributed by atoms with Gasteiger partial charge in [0.2, 0.25) is 0 Å². The van der Waals surface area contributed by atoms with Crippen molar-refractivity contribution < 1.29 is 4.79 Å². The summed E-state index contributed by atoms with van der Waals surface area (Å²) in [4.78, 5) is 20.0. The second-order valence-electron chi connectivity index (χ2n) is 3.85. The minimum Gasteiger partial charge on any atom is -0.398 e. The van der Waals surface area contributed by atoms with E-state index in [1.807, 2.05) is 12.3 Å². The molecule has 0 fully saturated rings. The predicted molar refractivity (Wildman–Crippen MR) is 71.5 cm³/mol. The number of pyridine rings is 1. The van der Waals surface area contributed by atoms with Gasteiger partial charge in [-0.3, -0.25) is 9.78 Å². The first-order valence-corrected chi connectivity index (χ1v) is 6.43. The van der Waals surface area contributed by atoms with Crippen molar-refractivity contribution in [1.82, 2.24) is 15.3 Å². The lowest BCUT2D eigenvalue weighted by molar-refractivity contribution is 0.0954. The van der Waals surface area contributed by atoms with Gasteiger partial charge in [0.15, 0.2) is 0 Å². The van der Waals surface area contributed by atoms with Gasteiger partial charge < -0.3 is 11.1 Å². The van der Waals surface area contributed by atoms with Crippen LogP contribution in [0.2, 0.25) is 0 Å². The molecule has 0 saturated heterocycles. The Hall–Kier alpha value is -1.95. The van der Waals surface area contributed by atoms with E-state index in [-0.39, 0.29) is 5.91 Å². The highest BCUT2D eigenvalue weighted by molar-refractivity contribution is 7.09. The van der Waals surface area contributed by atoms with Crippen molar-refractivity contribution in [2.24, 2.45) is 0 Å². The van der Waals surface area contributed by atoms with Crippen LogP contribution in [0.3, 0.4) is 0 Å². The fourth-order valence-electron chi connectivity index (χ4n) is 1.49. The van der Waals surface area contributed by atoms with Gasteiger partial charge >= 0.3 is 0 Å². The molecule has 18 heavy (non-hydrogen) atoms. The second-order valence-corrected chi connectivity index (χ2v) is 4.79. The molecular formula is C12H14N4OS. The highest BCUT2D eigenvalue weighted by Gasteiger charge is 2.09. The van der Waals surface area contributed by atoms with Crippen molar-refractivity contribution in [2.45, 2.75) is 13.3 Å². The number of hydrogen-bond donors (Lipinski definition) is 2. The van der Waals surface area contributed by atoms with E-state index in [0.29, 0.717) is 17.8 Å². The first-order chi connectivity index (χ1) is 8.66. The van der Waals surface area contributed by atoms with Crippen LogP contribution in [-0.2, 0) is 6.42 Å². The Bertz CT molecular complexity index is 553. The van der Waals surface area contributed by atoms with Gasteiger partial charge in [-0.2, -0.15) is 0 Å². The minimum atomic E-state index is -0.200. The molecule has 0 radical (unpaired) electrons. The lowest BCUT2D eigenvalue weighted by atomic mass is 10.2. The first kappa shape index (κ1) is 12.5. The molecule has 6 heteroatoms. The number of amides is 1. The quantitative estimate of drug-likeness (QED) is 0.872. The van der Waals surface area contributed by atoms with E-state index < -0.39 is 0 Å². The van der Waals surface area contributed by atoms with Crippen LogP contribution in [-0.4, -0.2) is 22.4 Å². The molecule has 2 aromatic rings. The van der Waals surface area contributed by atoms with Gasteiger partial charge in [0.05, 0.1) is 10.6 Å².